The second-order valence-corrected chi connectivity index (χ2v) is 8.09. The smallest absolute Gasteiger partial charge is 0.347 e. The maximum absolute atomic E-state index is 12.4. The van der Waals surface area contributed by atoms with Gasteiger partial charge >= 0.3 is 5.97 Å². The van der Waals surface area contributed by atoms with Crippen molar-refractivity contribution in [3.05, 3.63) is 15.8 Å². The standard InChI is InChI=1S/C13H20N2O4S2/c1-9-8-20-11(13(16)17)12(9)21(18,19)14-6-10-4-3-5-15(2)7-10/h8,10,14H,3-7H2,1-2H3,(H,16,17). The fourth-order valence-electron chi connectivity index (χ4n) is 2.65. The van der Waals surface area contributed by atoms with Crippen molar-refractivity contribution in [2.24, 2.45) is 5.92 Å². The summed E-state index contributed by atoms with van der Waals surface area (Å²) in [5.74, 6) is -0.934. The molecule has 0 amide bonds. The molecule has 0 spiro atoms. The van der Waals surface area contributed by atoms with E-state index in [1.165, 1.54) is 0 Å². The van der Waals surface area contributed by atoms with Gasteiger partial charge in [0.25, 0.3) is 0 Å². The number of carboxylic acids is 1. The summed E-state index contributed by atoms with van der Waals surface area (Å²) >= 11 is 0.946. The third-order valence-corrected chi connectivity index (χ3v) is 6.49. The number of piperidine rings is 1. The molecular formula is C13H20N2O4S2. The third kappa shape index (κ3) is 3.82. The van der Waals surface area contributed by atoms with Crippen LogP contribution in [0.1, 0.15) is 28.1 Å². The molecule has 1 aromatic rings. The Kier molecular flexibility index (Phi) is 5.03. The first-order chi connectivity index (χ1) is 9.81. The lowest BCUT2D eigenvalue weighted by Gasteiger charge is -2.29. The van der Waals surface area contributed by atoms with Gasteiger partial charge < -0.3 is 10.0 Å². The minimum Gasteiger partial charge on any atom is -0.477 e. The van der Waals surface area contributed by atoms with Gasteiger partial charge in [0.1, 0.15) is 9.77 Å². The van der Waals surface area contributed by atoms with Crippen LogP contribution in [0.2, 0.25) is 0 Å². The average molecular weight is 332 g/mol. The molecule has 0 radical (unpaired) electrons. The number of nitrogens with one attached hydrogen (secondary N) is 1. The average Bonchev–Trinajstić information content (AvgIpc) is 2.80. The Morgan fingerprint density at radius 1 is 1.57 bits per heavy atom. The molecule has 8 heteroatoms. The molecule has 6 nitrogen and oxygen atoms in total. The lowest BCUT2D eigenvalue weighted by Crippen LogP contribution is -2.39. The highest BCUT2D eigenvalue weighted by Crippen LogP contribution is 2.27. The summed E-state index contributed by atoms with van der Waals surface area (Å²) in [5, 5.41) is 10.7. The number of aromatic carboxylic acids is 1. The van der Waals surface area contributed by atoms with Gasteiger partial charge in [-0.3, -0.25) is 0 Å². The summed E-state index contributed by atoms with van der Waals surface area (Å²) in [6.45, 7) is 3.86. The SMILES string of the molecule is Cc1csc(C(=O)O)c1S(=O)(=O)NCC1CCCN(C)C1. The Balaban J connectivity index is 2.12. The molecule has 1 atom stereocenters. The summed E-state index contributed by atoms with van der Waals surface area (Å²) in [7, 11) is -1.76. The molecule has 118 valence electrons. The van der Waals surface area contributed by atoms with Crippen LogP contribution in [0, 0.1) is 12.8 Å². The van der Waals surface area contributed by atoms with Crippen molar-refractivity contribution in [2.75, 3.05) is 26.7 Å². The van der Waals surface area contributed by atoms with Crippen LogP contribution >= 0.6 is 11.3 Å². The number of carboxylic acid groups (broad SMARTS) is 1. The highest BCUT2D eigenvalue weighted by atomic mass is 32.2. The van der Waals surface area contributed by atoms with E-state index in [4.69, 9.17) is 5.11 Å². The van der Waals surface area contributed by atoms with E-state index in [-0.39, 0.29) is 15.7 Å². The lowest BCUT2D eigenvalue weighted by atomic mass is 9.99. The molecule has 1 unspecified atom stereocenters. The molecule has 21 heavy (non-hydrogen) atoms. The number of hydrogen-bond acceptors (Lipinski definition) is 5. The van der Waals surface area contributed by atoms with Gasteiger partial charge in [-0.2, -0.15) is 0 Å². The van der Waals surface area contributed by atoms with Crippen molar-refractivity contribution >= 4 is 27.3 Å². The minimum absolute atomic E-state index is 0.0934. The summed E-state index contributed by atoms with van der Waals surface area (Å²) in [4.78, 5) is 13.1. The van der Waals surface area contributed by atoms with Gasteiger partial charge in [-0.15, -0.1) is 11.3 Å². The maximum atomic E-state index is 12.4. The van der Waals surface area contributed by atoms with Crippen LogP contribution in [0.15, 0.2) is 10.3 Å². The zero-order valence-electron chi connectivity index (χ0n) is 12.1. The van der Waals surface area contributed by atoms with Crippen LogP contribution in [0.5, 0.6) is 0 Å². The predicted molar refractivity (Wildman–Crippen MR) is 81.4 cm³/mol. The fourth-order valence-corrected chi connectivity index (χ4v) is 5.40. The number of likely N-dealkylation sites (tertiary alicyclic amines) is 1. The van der Waals surface area contributed by atoms with Gasteiger partial charge in [0.2, 0.25) is 10.0 Å². The number of sulfonamides is 1. The number of nitrogens with zero attached hydrogens (tertiary/aromatic N) is 1. The van der Waals surface area contributed by atoms with Gasteiger partial charge in [-0.1, -0.05) is 0 Å². The van der Waals surface area contributed by atoms with E-state index in [1.807, 2.05) is 7.05 Å². The van der Waals surface area contributed by atoms with Crippen molar-refractivity contribution < 1.29 is 18.3 Å². The topological polar surface area (TPSA) is 86.7 Å². The van der Waals surface area contributed by atoms with Crippen LogP contribution in [-0.2, 0) is 10.0 Å². The Bertz CT molecular complexity index is 624. The van der Waals surface area contributed by atoms with E-state index in [0.29, 0.717) is 12.1 Å². The molecule has 0 bridgehead atoms. The minimum atomic E-state index is -3.78. The molecule has 0 aliphatic carbocycles. The number of aryl methyl sites for hydroxylation is 1. The van der Waals surface area contributed by atoms with Gasteiger partial charge in [0.15, 0.2) is 0 Å². The first-order valence-electron chi connectivity index (χ1n) is 6.81. The second kappa shape index (κ2) is 6.43. The van der Waals surface area contributed by atoms with Crippen LogP contribution < -0.4 is 4.72 Å². The number of rotatable bonds is 5. The quantitative estimate of drug-likeness (QED) is 0.850. The Morgan fingerprint density at radius 2 is 2.29 bits per heavy atom. The maximum Gasteiger partial charge on any atom is 0.347 e. The van der Waals surface area contributed by atoms with Gasteiger partial charge in [0, 0.05) is 13.1 Å². The summed E-state index contributed by atoms with van der Waals surface area (Å²) in [6.07, 6.45) is 2.04. The molecule has 1 aromatic heterocycles. The first kappa shape index (κ1) is 16.4. The Hall–Kier alpha value is -0.960. The third-order valence-electron chi connectivity index (χ3n) is 3.67. The molecule has 1 aliphatic heterocycles. The van der Waals surface area contributed by atoms with E-state index in [0.717, 1.165) is 37.3 Å². The van der Waals surface area contributed by atoms with E-state index < -0.39 is 16.0 Å². The zero-order valence-corrected chi connectivity index (χ0v) is 13.8. The Labute approximate surface area is 128 Å². The highest BCUT2D eigenvalue weighted by molar-refractivity contribution is 7.89. The van der Waals surface area contributed by atoms with E-state index in [1.54, 1.807) is 12.3 Å². The van der Waals surface area contributed by atoms with Crippen molar-refractivity contribution in [2.45, 2.75) is 24.7 Å². The molecule has 1 fully saturated rings. The van der Waals surface area contributed by atoms with Crippen molar-refractivity contribution in [1.29, 1.82) is 0 Å². The summed E-state index contributed by atoms with van der Waals surface area (Å²) in [5.41, 5.74) is 0.477. The molecular weight excluding hydrogens is 312 g/mol. The van der Waals surface area contributed by atoms with E-state index in [2.05, 4.69) is 9.62 Å². The van der Waals surface area contributed by atoms with Crippen LogP contribution in [0.4, 0.5) is 0 Å². The molecule has 0 aromatic carbocycles. The summed E-state index contributed by atoms with van der Waals surface area (Å²) < 4.78 is 27.3. The molecule has 2 heterocycles. The molecule has 2 rings (SSSR count). The van der Waals surface area contributed by atoms with E-state index >= 15 is 0 Å². The van der Waals surface area contributed by atoms with Crippen LogP contribution in [0.3, 0.4) is 0 Å². The molecule has 0 saturated carbocycles. The highest BCUT2D eigenvalue weighted by Gasteiger charge is 2.28. The van der Waals surface area contributed by atoms with Gasteiger partial charge in [0.05, 0.1) is 0 Å². The van der Waals surface area contributed by atoms with E-state index in [9.17, 15) is 13.2 Å². The van der Waals surface area contributed by atoms with Crippen molar-refractivity contribution in [3.8, 4) is 0 Å². The number of hydrogen-bond donors (Lipinski definition) is 2. The second-order valence-electron chi connectivity index (χ2n) is 5.50. The molecule has 2 N–H and O–H groups in total. The Morgan fingerprint density at radius 3 is 2.90 bits per heavy atom. The largest absolute Gasteiger partial charge is 0.477 e. The summed E-state index contributed by atoms with van der Waals surface area (Å²) in [6, 6.07) is 0. The van der Waals surface area contributed by atoms with Crippen molar-refractivity contribution in [3.63, 3.8) is 0 Å². The molecule has 1 saturated heterocycles. The number of thiophene rings is 1. The number of carbonyl (C=O) groups is 1. The predicted octanol–water partition coefficient (Wildman–Crippen LogP) is 1.37. The van der Waals surface area contributed by atoms with Crippen LogP contribution in [0.25, 0.3) is 0 Å². The van der Waals surface area contributed by atoms with Gasteiger partial charge in [-0.25, -0.2) is 17.9 Å². The molecule has 1 aliphatic rings. The normalized spacial score (nSPS) is 20.6. The van der Waals surface area contributed by atoms with Crippen molar-refractivity contribution in [1.82, 2.24) is 9.62 Å². The fraction of sp³-hybridized carbons (Fsp3) is 0.615. The van der Waals surface area contributed by atoms with Gasteiger partial charge in [-0.05, 0) is 50.2 Å². The van der Waals surface area contributed by atoms with Crippen LogP contribution in [-0.4, -0.2) is 51.1 Å². The monoisotopic (exact) mass is 332 g/mol. The first-order valence-corrected chi connectivity index (χ1v) is 9.17. The zero-order chi connectivity index (χ0) is 15.6. The lowest BCUT2D eigenvalue weighted by molar-refractivity contribution is 0.0698.